The first-order valence-corrected chi connectivity index (χ1v) is 8.21. The van der Waals surface area contributed by atoms with E-state index in [0.29, 0.717) is 5.92 Å². The van der Waals surface area contributed by atoms with Crippen LogP contribution in [-0.4, -0.2) is 23.4 Å². The molecule has 1 aliphatic carbocycles. The van der Waals surface area contributed by atoms with Gasteiger partial charge in [0.15, 0.2) is 0 Å². The van der Waals surface area contributed by atoms with E-state index in [9.17, 15) is 13.9 Å². The molecule has 2 rings (SSSR count). The summed E-state index contributed by atoms with van der Waals surface area (Å²) in [6.45, 7) is 4.26. The van der Waals surface area contributed by atoms with Crippen molar-refractivity contribution in [2.75, 3.05) is 5.75 Å². The Morgan fingerprint density at radius 3 is 2.30 bits per heavy atom. The van der Waals surface area contributed by atoms with Gasteiger partial charge in [-0.05, 0) is 42.9 Å². The van der Waals surface area contributed by atoms with Crippen molar-refractivity contribution in [2.24, 2.45) is 5.41 Å². The number of benzene rings is 1. The minimum atomic E-state index is -2.27. The van der Waals surface area contributed by atoms with E-state index in [1.807, 2.05) is 24.3 Å². The fourth-order valence-electron chi connectivity index (χ4n) is 3.40. The molecule has 0 saturated heterocycles. The molecule has 0 radical (unpaired) electrons. The molecule has 112 valence electrons. The molecule has 1 aliphatic rings. The lowest BCUT2D eigenvalue weighted by molar-refractivity contribution is -0.0932. The van der Waals surface area contributed by atoms with E-state index in [1.165, 1.54) is 17.3 Å². The molecule has 2 atom stereocenters. The van der Waals surface area contributed by atoms with Gasteiger partial charge in [-0.1, -0.05) is 26.0 Å². The molecule has 0 bridgehead atoms. The highest BCUT2D eigenvalue weighted by Crippen LogP contribution is 2.57. The third kappa shape index (κ3) is 2.86. The van der Waals surface area contributed by atoms with Gasteiger partial charge in [0.05, 0.1) is 11.9 Å². The Morgan fingerprint density at radius 2 is 1.85 bits per heavy atom. The lowest BCUT2D eigenvalue weighted by Crippen LogP contribution is -2.50. The molecule has 0 amide bonds. The number of alkyl halides is 2. The first kappa shape index (κ1) is 15.8. The minimum absolute atomic E-state index is 0.00235. The maximum atomic E-state index is 12.2. The van der Waals surface area contributed by atoms with Crippen LogP contribution < -0.4 is 0 Å². The number of thioether (sulfide) groups is 1. The summed E-state index contributed by atoms with van der Waals surface area (Å²) in [4.78, 5) is 0.882. The van der Waals surface area contributed by atoms with Crippen molar-refractivity contribution in [3.8, 4) is 0 Å². The van der Waals surface area contributed by atoms with Crippen LogP contribution in [0.1, 0.15) is 44.6 Å². The Kier molecular flexibility index (Phi) is 5.08. The van der Waals surface area contributed by atoms with Crippen molar-refractivity contribution >= 4 is 11.8 Å². The zero-order chi connectivity index (χ0) is 14.8. The summed E-state index contributed by atoms with van der Waals surface area (Å²) < 4.78 is 24.4. The highest BCUT2D eigenvalue weighted by atomic mass is 32.2. The zero-order valence-electron chi connectivity index (χ0n) is 12.0. The Hall–Kier alpha value is -0.610. The summed E-state index contributed by atoms with van der Waals surface area (Å²) in [5.74, 6) is 0.233. The normalized spacial score (nSPS) is 24.7. The number of aliphatic hydroxyl groups excluding tert-OH is 1. The van der Waals surface area contributed by atoms with Crippen molar-refractivity contribution in [1.29, 1.82) is 0 Å². The van der Waals surface area contributed by atoms with Gasteiger partial charge in [-0.15, -0.1) is 11.8 Å². The van der Waals surface area contributed by atoms with Crippen molar-refractivity contribution in [3.63, 3.8) is 0 Å². The van der Waals surface area contributed by atoms with Crippen LogP contribution in [-0.2, 0) is 0 Å². The quantitative estimate of drug-likeness (QED) is 0.769. The van der Waals surface area contributed by atoms with Gasteiger partial charge in [0.2, 0.25) is 6.43 Å². The molecule has 20 heavy (non-hydrogen) atoms. The first-order chi connectivity index (χ1) is 9.53. The average molecular weight is 300 g/mol. The second kappa shape index (κ2) is 6.44. The van der Waals surface area contributed by atoms with Gasteiger partial charge in [0, 0.05) is 10.3 Å². The summed E-state index contributed by atoms with van der Waals surface area (Å²) in [6, 6.07) is 7.90. The molecule has 4 heteroatoms. The Bertz CT molecular complexity index is 429. The van der Waals surface area contributed by atoms with E-state index in [0.717, 1.165) is 24.2 Å². The molecule has 1 N–H and O–H groups in total. The van der Waals surface area contributed by atoms with Crippen LogP contribution in [0.25, 0.3) is 0 Å². The molecule has 1 saturated carbocycles. The van der Waals surface area contributed by atoms with Crippen LogP contribution in [0.4, 0.5) is 8.78 Å². The molecule has 1 nitrogen and oxygen atoms in total. The highest BCUT2D eigenvalue weighted by Gasteiger charge is 2.52. The van der Waals surface area contributed by atoms with Crippen LogP contribution in [0.5, 0.6) is 0 Å². The average Bonchev–Trinajstić information content (AvgIpc) is 2.45. The van der Waals surface area contributed by atoms with Gasteiger partial charge >= 0.3 is 0 Å². The minimum Gasteiger partial charge on any atom is -0.393 e. The number of halogens is 2. The lowest BCUT2D eigenvalue weighted by atomic mass is 9.53. The lowest BCUT2D eigenvalue weighted by Gasteiger charge is -2.54. The fraction of sp³-hybridized carbons (Fsp3) is 0.625. The molecule has 0 aliphatic heterocycles. The molecule has 0 heterocycles. The van der Waals surface area contributed by atoms with Crippen LogP contribution >= 0.6 is 11.8 Å². The molecule has 1 fully saturated rings. The predicted molar refractivity (Wildman–Crippen MR) is 79.5 cm³/mol. The zero-order valence-corrected chi connectivity index (χ0v) is 12.8. The van der Waals surface area contributed by atoms with Crippen molar-refractivity contribution in [3.05, 3.63) is 29.8 Å². The second-order valence-electron chi connectivity index (χ2n) is 5.52. The van der Waals surface area contributed by atoms with Crippen LogP contribution in [0, 0.1) is 5.41 Å². The molecule has 2 unspecified atom stereocenters. The van der Waals surface area contributed by atoms with Gasteiger partial charge < -0.3 is 5.11 Å². The van der Waals surface area contributed by atoms with Crippen molar-refractivity contribution in [1.82, 2.24) is 0 Å². The molecular weight excluding hydrogens is 278 g/mol. The highest BCUT2D eigenvalue weighted by molar-refractivity contribution is 7.99. The van der Waals surface area contributed by atoms with Crippen molar-refractivity contribution < 1.29 is 13.9 Å². The van der Waals surface area contributed by atoms with Gasteiger partial charge in [-0.2, -0.15) is 0 Å². The third-order valence-corrected chi connectivity index (χ3v) is 5.82. The molecule has 0 spiro atoms. The summed E-state index contributed by atoms with van der Waals surface area (Å²) in [5, 5.41) is 10.1. The molecular formula is C16H22F2OS. The molecule has 1 aromatic carbocycles. The Morgan fingerprint density at radius 1 is 1.25 bits per heavy atom. The Balaban J connectivity index is 2.07. The maximum Gasteiger partial charge on any atom is 0.247 e. The largest absolute Gasteiger partial charge is 0.393 e. The SMILES string of the molecule is CCC1(CC)C(O)CC1c1ccc(SCC(F)F)cc1. The van der Waals surface area contributed by atoms with Gasteiger partial charge in [-0.3, -0.25) is 0 Å². The third-order valence-electron chi connectivity index (χ3n) is 4.79. The van der Waals surface area contributed by atoms with Crippen LogP contribution in [0.15, 0.2) is 29.2 Å². The van der Waals surface area contributed by atoms with E-state index in [-0.39, 0.29) is 17.3 Å². The maximum absolute atomic E-state index is 12.2. The number of hydrogen-bond acceptors (Lipinski definition) is 2. The van der Waals surface area contributed by atoms with Crippen molar-refractivity contribution in [2.45, 2.75) is 56.5 Å². The van der Waals surface area contributed by atoms with Crippen LogP contribution in [0.2, 0.25) is 0 Å². The first-order valence-electron chi connectivity index (χ1n) is 7.22. The van der Waals surface area contributed by atoms with E-state index in [1.54, 1.807) is 0 Å². The topological polar surface area (TPSA) is 20.2 Å². The summed E-state index contributed by atoms with van der Waals surface area (Å²) >= 11 is 1.19. The summed E-state index contributed by atoms with van der Waals surface area (Å²) in [7, 11) is 0. The van der Waals surface area contributed by atoms with Gasteiger partial charge in [0.1, 0.15) is 0 Å². The molecule has 1 aromatic rings. The summed E-state index contributed by atoms with van der Waals surface area (Å²) in [6.07, 6.45) is 0.268. The molecule has 0 aromatic heterocycles. The fourth-order valence-corrected chi connectivity index (χ4v) is 4.05. The van der Waals surface area contributed by atoms with E-state index in [2.05, 4.69) is 13.8 Å². The van der Waals surface area contributed by atoms with Crippen LogP contribution in [0.3, 0.4) is 0 Å². The smallest absolute Gasteiger partial charge is 0.247 e. The standard InChI is InChI=1S/C16H22F2OS/c1-3-16(4-2)13(9-14(16)19)11-5-7-12(8-6-11)20-10-15(17)18/h5-8,13-15,19H,3-4,9-10H2,1-2H3. The number of hydrogen-bond donors (Lipinski definition) is 1. The van der Waals surface area contributed by atoms with E-state index < -0.39 is 6.43 Å². The Labute approximate surface area is 123 Å². The number of rotatable bonds is 6. The second-order valence-corrected chi connectivity index (χ2v) is 6.61. The number of aliphatic hydroxyl groups is 1. The monoisotopic (exact) mass is 300 g/mol. The van der Waals surface area contributed by atoms with Gasteiger partial charge in [-0.25, -0.2) is 8.78 Å². The summed E-state index contributed by atoms with van der Waals surface area (Å²) in [5.41, 5.74) is 1.22. The van der Waals surface area contributed by atoms with E-state index >= 15 is 0 Å². The van der Waals surface area contributed by atoms with E-state index in [4.69, 9.17) is 0 Å². The predicted octanol–water partition coefficient (Wildman–Crippen LogP) is 4.70. The van der Waals surface area contributed by atoms with Gasteiger partial charge in [0.25, 0.3) is 0 Å².